The average molecular weight is 429 g/mol. The summed E-state index contributed by atoms with van der Waals surface area (Å²) >= 11 is 4.60. The highest BCUT2D eigenvalue weighted by atomic mass is 32.1. The average Bonchev–Trinajstić information content (AvgIpc) is 3.40. The topological polar surface area (TPSA) is 81.0 Å². The molecule has 136 valence electrons. The molecule has 0 fully saturated rings. The second-order valence-electron chi connectivity index (χ2n) is 5.98. The van der Waals surface area contributed by atoms with Crippen molar-refractivity contribution in [1.29, 1.82) is 10.5 Å². The predicted molar refractivity (Wildman–Crippen MR) is 121 cm³/mol. The van der Waals surface area contributed by atoms with Crippen LogP contribution in [0.2, 0.25) is 0 Å². The fourth-order valence-electron chi connectivity index (χ4n) is 3.12. The quantitative estimate of drug-likeness (QED) is 0.198. The number of hydrogen-bond donors (Lipinski definition) is 0. The maximum Gasteiger partial charge on any atom is 0.350 e. The molecule has 4 aromatic rings. The van der Waals surface area contributed by atoms with Gasteiger partial charge in [-0.15, -0.1) is 11.3 Å². The number of hydrogen-bond acceptors (Lipinski definition) is 7. The van der Waals surface area contributed by atoms with Gasteiger partial charge in [0.2, 0.25) is 10.0 Å². The van der Waals surface area contributed by atoms with Gasteiger partial charge in [-0.05, 0) is 25.0 Å². The van der Waals surface area contributed by atoms with E-state index in [1.807, 2.05) is 12.1 Å². The van der Waals surface area contributed by atoms with Crippen LogP contribution >= 0.6 is 34.0 Å². The van der Waals surface area contributed by atoms with Crippen LogP contribution < -0.4 is 0 Å². The fourth-order valence-corrected chi connectivity index (χ4v) is 6.85. The number of nitriles is 2. The number of benzene rings is 1. The third-order valence-electron chi connectivity index (χ3n) is 4.37. The van der Waals surface area contributed by atoms with Gasteiger partial charge in [0.1, 0.15) is 12.1 Å². The first-order chi connectivity index (χ1) is 14.0. The van der Waals surface area contributed by atoms with Crippen LogP contribution in [-0.2, 0) is 0 Å². The molecule has 3 aromatic heterocycles. The maximum absolute atomic E-state index is 8.98. The highest BCUT2D eigenvalue weighted by Gasteiger charge is 2.20. The Balaban J connectivity index is 2.00. The van der Waals surface area contributed by atoms with E-state index in [-0.39, 0.29) is 11.7 Å². The van der Waals surface area contributed by atoms with Gasteiger partial charge in [-0.25, -0.2) is 10.5 Å². The monoisotopic (exact) mass is 428 g/mol. The molecule has 0 bridgehead atoms. The Morgan fingerprint density at radius 2 is 1.45 bits per heavy atom. The second-order valence-corrected chi connectivity index (χ2v) is 9.09. The summed E-state index contributed by atoms with van der Waals surface area (Å²) in [6.07, 6.45) is 0. The third kappa shape index (κ3) is 2.95. The van der Waals surface area contributed by atoms with Gasteiger partial charge >= 0.3 is 11.7 Å². The molecule has 3 heterocycles. The normalized spacial score (nSPS) is 12.1. The summed E-state index contributed by atoms with van der Waals surface area (Å²) in [5, 5.41) is 21.4. The Bertz CT molecular complexity index is 1530. The van der Waals surface area contributed by atoms with Crippen molar-refractivity contribution in [2.75, 3.05) is 0 Å². The maximum atomic E-state index is 8.98. The molecule has 0 amide bonds. The van der Waals surface area contributed by atoms with E-state index in [1.54, 1.807) is 23.5 Å². The van der Waals surface area contributed by atoms with E-state index in [9.17, 15) is 0 Å². The highest BCUT2D eigenvalue weighted by Crippen LogP contribution is 2.49. The van der Waals surface area contributed by atoms with Crippen LogP contribution in [0.1, 0.15) is 11.1 Å². The predicted octanol–water partition coefficient (Wildman–Crippen LogP) is 6.89. The number of nitrogens with zero attached hydrogens (tertiary/aromatic N) is 6. The van der Waals surface area contributed by atoms with Crippen molar-refractivity contribution in [2.45, 2.75) is 13.8 Å². The summed E-state index contributed by atoms with van der Waals surface area (Å²) < 4.78 is 4.42. The van der Waals surface area contributed by atoms with Crippen molar-refractivity contribution >= 4 is 85.3 Å². The van der Waals surface area contributed by atoms with Gasteiger partial charge in [0.25, 0.3) is 0 Å². The summed E-state index contributed by atoms with van der Waals surface area (Å²) in [4.78, 5) is 14.6. The van der Waals surface area contributed by atoms with Gasteiger partial charge in [-0.1, -0.05) is 45.8 Å². The minimum absolute atomic E-state index is 0.174. The SMILES string of the molecule is [C-]#[N+]C(C#N)=Nc1cc2c(C)c3sc4cc(N=C(C#N)[N+]#[C-])sc4c3c(C)c2s1. The van der Waals surface area contributed by atoms with E-state index < -0.39 is 0 Å². The molecule has 9 heteroatoms. The highest BCUT2D eigenvalue weighted by molar-refractivity contribution is 7.34. The molecule has 0 spiro atoms. The fraction of sp³-hybridized carbons (Fsp3) is 0.100. The van der Waals surface area contributed by atoms with Crippen molar-refractivity contribution in [3.05, 3.63) is 46.1 Å². The van der Waals surface area contributed by atoms with Crippen LogP contribution in [0.3, 0.4) is 0 Å². The number of aryl methyl sites for hydroxylation is 2. The molecule has 0 aliphatic rings. The molecule has 0 aliphatic carbocycles. The zero-order valence-electron chi connectivity index (χ0n) is 15.1. The molecule has 6 nitrogen and oxygen atoms in total. The van der Waals surface area contributed by atoms with Crippen LogP contribution in [0.15, 0.2) is 22.1 Å². The van der Waals surface area contributed by atoms with Gasteiger partial charge < -0.3 is 9.69 Å². The molecule has 0 radical (unpaired) electrons. The minimum Gasteiger partial charge on any atom is -0.351 e. The van der Waals surface area contributed by atoms with E-state index in [0.29, 0.717) is 10.0 Å². The summed E-state index contributed by atoms with van der Waals surface area (Å²) in [5.74, 6) is -0.350. The van der Waals surface area contributed by atoms with Crippen LogP contribution in [-0.4, -0.2) is 11.7 Å². The Labute approximate surface area is 177 Å². The van der Waals surface area contributed by atoms with Gasteiger partial charge in [0.15, 0.2) is 0 Å². The molecule has 0 atom stereocenters. The first-order valence-corrected chi connectivity index (χ1v) is 10.6. The largest absolute Gasteiger partial charge is 0.351 e. The summed E-state index contributed by atoms with van der Waals surface area (Å²) in [6, 6.07) is 7.46. The van der Waals surface area contributed by atoms with E-state index >= 15 is 0 Å². The van der Waals surface area contributed by atoms with Crippen LogP contribution in [0, 0.1) is 49.7 Å². The number of amidine groups is 2. The van der Waals surface area contributed by atoms with E-state index in [4.69, 9.17) is 23.7 Å². The molecule has 0 N–H and O–H groups in total. The van der Waals surface area contributed by atoms with Crippen molar-refractivity contribution in [3.8, 4) is 12.1 Å². The lowest BCUT2D eigenvalue weighted by Crippen LogP contribution is -1.80. The molecular formula is C20H8N6S3. The molecule has 4 rings (SSSR count). The van der Waals surface area contributed by atoms with Crippen molar-refractivity contribution in [3.63, 3.8) is 0 Å². The minimum atomic E-state index is -0.176. The van der Waals surface area contributed by atoms with Gasteiger partial charge in [-0.3, -0.25) is 0 Å². The Morgan fingerprint density at radius 3 is 2.03 bits per heavy atom. The lowest BCUT2D eigenvalue weighted by atomic mass is 10.0. The number of thiophene rings is 3. The summed E-state index contributed by atoms with van der Waals surface area (Å²) in [5.41, 5.74) is 2.25. The van der Waals surface area contributed by atoms with E-state index in [0.717, 1.165) is 36.0 Å². The standard InChI is InChI=1S/C20H8N6S3/c1-9-11-5-15(25-13(7-21)23-3)28-18(11)10(2)17-19(9)27-12-6-16(29-20(12)17)26-14(8-22)24-4/h5-6H,1-2H3. The second kappa shape index (κ2) is 7.09. The molecule has 0 unspecified atom stereocenters. The molecular weight excluding hydrogens is 420 g/mol. The molecule has 29 heavy (non-hydrogen) atoms. The smallest absolute Gasteiger partial charge is 0.350 e. The van der Waals surface area contributed by atoms with Crippen LogP contribution in [0.4, 0.5) is 10.0 Å². The van der Waals surface area contributed by atoms with Crippen molar-refractivity contribution in [2.24, 2.45) is 9.98 Å². The number of aliphatic imine (C=N–C) groups is 2. The summed E-state index contributed by atoms with van der Waals surface area (Å²) in [6.45, 7) is 18.1. The van der Waals surface area contributed by atoms with Gasteiger partial charge in [0.05, 0.1) is 9.40 Å². The first kappa shape index (κ1) is 18.7. The zero-order chi connectivity index (χ0) is 20.7. The number of rotatable bonds is 2. The van der Waals surface area contributed by atoms with Gasteiger partial charge in [-0.2, -0.15) is 0 Å². The van der Waals surface area contributed by atoms with E-state index in [2.05, 4.69) is 33.5 Å². The molecule has 0 saturated carbocycles. The van der Waals surface area contributed by atoms with Crippen molar-refractivity contribution < 1.29 is 0 Å². The lowest BCUT2D eigenvalue weighted by molar-refractivity contribution is 1.53. The summed E-state index contributed by atoms with van der Waals surface area (Å²) in [7, 11) is 0. The third-order valence-corrected chi connectivity index (χ3v) is 7.95. The van der Waals surface area contributed by atoms with Gasteiger partial charge in [0, 0.05) is 32.3 Å². The van der Waals surface area contributed by atoms with E-state index in [1.165, 1.54) is 27.4 Å². The van der Waals surface area contributed by atoms with Crippen molar-refractivity contribution in [1.82, 2.24) is 0 Å². The Hall–Kier alpha value is -3.60. The first-order valence-electron chi connectivity index (χ1n) is 8.12. The van der Waals surface area contributed by atoms with Crippen LogP contribution in [0.25, 0.3) is 39.3 Å². The number of fused-ring (bicyclic) bond motifs is 4. The molecule has 0 aliphatic heterocycles. The molecule has 1 aromatic carbocycles. The van der Waals surface area contributed by atoms with Crippen LogP contribution in [0.5, 0.6) is 0 Å². The lowest BCUT2D eigenvalue weighted by Gasteiger charge is -2.03. The zero-order valence-corrected chi connectivity index (χ0v) is 17.5. The molecule has 0 saturated heterocycles. The Morgan fingerprint density at radius 1 is 0.862 bits per heavy atom. The Kier molecular flexibility index (Phi) is 4.59.